The standard InChI is InChI=1S/C14H29N3O5S2/c1-6-24(21,22)16(4)12-7-9-17(10-8-12)14(18)13(11(2)3)15-23(5,19)20/h11-13,15H,6-10H2,1-5H3/t13-/m1/s1. The quantitative estimate of drug-likeness (QED) is 0.657. The molecule has 0 aliphatic carbocycles. The van der Waals surface area contributed by atoms with Crippen molar-refractivity contribution in [2.24, 2.45) is 5.92 Å². The molecule has 1 N–H and O–H groups in total. The summed E-state index contributed by atoms with van der Waals surface area (Å²) in [6.07, 6.45) is 2.13. The van der Waals surface area contributed by atoms with E-state index in [0.29, 0.717) is 25.9 Å². The number of sulfonamides is 2. The maximum absolute atomic E-state index is 12.6. The van der Waals surface area contributed by atoms with Crippen molar-refractivity contribution in [2.75, 3.05) is 32.1 Å². The van der Waals surface area contributed by atoms with Crippen molar-refractivity contribution < 1.29 is 21.6 Å². The van der Waals surface area contributed by atoms with Gasteiger partial charge in [-0.3, -0.25) is 4.79 Å². The Morgan fingerprint density at radius 3 is 2.08 bits per heavy atom. The van der Waals surface area contributed by atoms with Crippen molar-refractivity contribution in [2.45, 2.75) is 45.7 Å². The summed E-state index contributed by atoms with van der Waals surface area (Å²) < 4.78 is 50.6. The van der Waals surface area contributed by atoms with Crippen LogP contribution in [0.2, 0.25) is 0 Å². The third kappa shape index (κ3) is 5.68. The molecule has 0 aromatic carbocycles. The van der Waals surface area contributed by atoms with Crippen molar-refractivity contribution in [3.8, 4) is 0 Å². The second-order valence-corrected chi connectivity index (χ2v) is 10.7. The zero-order valence-electron chi connectivity index (χ0n) is 15.0. The smallest absolute Gasteiger partial charge is 0.241 e. The molecule has 1 amide bonds. The van der Waals surface area contributed by atoms with Crippen molar-refractivity contribution in [3.05, 3.63) is 0 Å². The Morgan fingerprint density at radius 1 is 1.21 bits per heavy atom. The van der Waals surface area contributed by atoms with E-state index in [2.05, 4.69) is 4.72 Å². The zero-order valence-corrected chi connectivity index (χ0v) is 16.7. The van der Waals surface area contributed by atoms with Crippen LogP contribution in [0.3, 0.4) is 0 Å². The summed E-state index contributed by atoms with van der Waals surface area (Å²) in [5.74, 6) is -0.376. The largest absolute Gasteiger partial charge is 0.341 e. The van der Waals surface area contributed by atoms with Gasteiger partial charge in [-0.05, 0) is 25.7 Å². The van der Waals surface area contributed by atoms with Gasteiger partial charge in [0.15, 0.2) is 0 Å². The molecule has 0 aromatic heterocycles. The molecule has 1 atom stereocenters. The molecule has 0 bridgehead atoms. The van der Waals surface area contributed by atoms with Gasteiger partial charge in [0.25, 0.3) is 0 Å². The Morgan fingerprint density at radius 2 is 1.71 bits per heavy atom. The fourth-order valence-corrected chi connectivity index (χ4v) is 4.69. The average Bonchev–Trinajstić information content (AvgIpc) is 2.50. The summed E-state index contributed by atoms with van der Waals surface area (Å²) in [6, 6.07) is -0.923. The van der Waals surface area contributed by atoms with Crippen LogP contribution in [0.25, 0.3) is 0 Å². The molecule has 1 aliphatic heterocycles. The Kier molecular flexibility index (Phi) is 7.21. The number of carbonyl (C=O) groups is 1. The van der Waals surface area contributed by atoms with Gasteiger partial charge in [0.2, 0.25) is 26.0 Å². The number of hydrogen-bond acceptors (Lipinski definition) is 5. The van der Waals surface area contributed by atoms with Gasteiger partial charge in [-0.25, -0.2) is 25.9 Å². The molecule has 1 heterocycles. The third-order valence-electron chi connectivity index (χ3n) is 4.37. The Labute approximate surface area is 145 Å². The maximum atomic E-state index is 12.6. The molecule has 0 saturated carbocycles. The van der Waals surface area contributed by atoms with E-state index in [-0.39, 0.29) is 23.6 Å². The van der Waals surface area contributed by atoms with Crippen LogP contribution in [-0.2, 0) is 24.8 Å². The zero-order chi connectivity index (χ0) is 18.7. The number of piperidine rings is 1. The molecule has 1 rings (SSSR count). The minimum absolute atomic E-state index is 0.0519. The van der Waals surface area contributed by atoms with Crippen LogP contribution in [0, 0.1) is 5.92 Å². The van der Waals surface area contributed by atoms with E-state index in [1.807, 2.05) is 0 Å². The molecule has 1 fully saturated rings. The highest BCUT2D eigenvalue weighted by atomic mass is 32.2. The van der Waals surface area contributed by atoms with Gasteiger partial charge >= 0.3 is 0 Å². The van der Waals surface area contributed by atoms with E-state index in [1.165, 1.54) is 4.31 Å². The topological polar surface area (TPSA) is 104 Å². The molecule has 0 aromatic rings. The van der Waals surface area contributed by atoms with Crippen LogP contribution in [0.15, 0.2) is 0 Å². The van der Waals surface area contributed by atoms with Crippen LogP contribution in [0.5, 0.6) is 0 Å². The molecule has 142 valence electrons. The van der Waals surface area contributed by atoms with Crippen molar-refractivity contribution in [1.29, 1.82) is 0 Å². The molecule has 24 heavy (non-hydrogen) atoms. The highest BCUT2D eigenvalue weighted by Gasteiger charge is 2.34. The first kappa shape index (κ1) is 21.3. The minimum atomic E-state index is -3.48. The summed E-state index contributed by atoms with van der Waals surface area (Å²) in [5.41, 5.74) is 0. The highest BCUT2D eigenvalue weighted by Crippen LogP contribution is 2.20. The third-order valence-corrected chi connectivity index (χ3v) is 6.96. The molecule has 0 spiro atoms. The summed E-state index contributed by atoms with van der Waals surface area (Å²) >= 11 is 0. The van der Waals surface area contributed by atoms with Crippen LogP contribution >= 0.6 is 0 Å². The van der Waals surface area contributed by atoms with E-state index in [0.717, 1.165) is 6.26 Å². The second-order valence-electron chi connectivity index (χ2n) is 6.58. The number of nitrogens with one attached hydrogen (secondary N) is 1. The normalized spacial score (nSPS) is 19.0. The van der Waals surface area contributed by atoms with Gasteiger partial charge in [0.1, 0.15) is 6.04 Å². The first-order chi connectivity index (χ1) is 10.9. The van der Waals surface area contributed by atoms with Gasteiger partial charge < -0.3 is 4.90 Å². The van der Waals surface area contributed by atoms with Crippen molar-refractivity contribution >= 4 is 26.0 Å². The lowest BCUT2D eigenvalue weighted by atomic mass is 10.0. The first-order valence-electron chi connectivity index (χ1n) is 8.10. The second kappa shape index (κ2) is 8.11. The number of rotatable bonds is 7. The number of nitrogens with zero attached hydrogens (tertiary/aromatic N) is 2. The van der Waals surface area contributed by atoms with Crippen LogP contribution in [-0.4, -0.2) is 76.2 Å². The summed E-state index contributed by atoms with van der Waals surface area (Å²) in [4.78, 5) is 14.2. The predicted molar refractivity (Wildman–Crippen MR) is 93.4 cm³/mol. The van der Waals surface area contributed by atoms with Gasteiger partial charge in [-0.2, -0.15) is 0 Å². The van der Waals surface area contributed by atoms with E-state index < -0.39 is 26.1 Å². The lowest BCUT2D eigenvalue weighted by Gasteiger charge is -2.38. The monoisotopic (exact) mass is 383 g/mol. The molecular formula is C14H29N3O5S2. The van der Waals surface area contributed by atoms with Gasteiger partial charge in [-0.1, -0.05) is 13.8 Å². The fraction of sp³-hybridized carbons (Fsp3) is 0.929. The molecule has 1 aliphatic rings. The van der Waals surface area contributed by atoms with E-state index >= 15 is 0 Å². The van der Waals surface area contributed by atoms with Crippen molar-refractivity contribution in [1.82, 2.24) is 13.9 Å². The average molecular weight is 384 g/mol. The number of hydrogen-bond donors (Lipinski definition) is 1. The van der Waals surface area contributed by atoms with Crippen LogP contribution in [0.4, 0.5) is 0 Å². The predicted octanol–water partition coefficient (Wildman–Crippen LogP) is -0.167. The number of amides is 1. The molecule has 10 heteroatoms. The molecule has 1 saturated heterocycles. The number of likely N-dealkylation sites (tertiary alicyclic amines) is 1. The van der Waals surface area contributed by atoms with Gasteiger partial charge in [0, 0.05) is 26.2 Å². The van der Waals surface area contributed by atoms with Crippen LogP contribution < -0.4 is 4.72 Å². The summed E-state index contributed by atoms with van der Waals surface area (Å²) in [6.45, 7) is 6.02. The lowest BCUT2D eigenvalue weighted by Crippen LogP contribution is -2.54. The molecule has 0 radical (unpaired) electrons. The van der Waals surface area contributed by atoms with Crippen LogP contribution in [0.1, 0.15) is 33.6 Å². The molecular weight excluding hydrogens is 354 g/mol. The number of carbonyl (C=O) groups excluding carboxylic acids is 1. The van der Waals surface area contributed by atoms with E-state index in [4.69, 9.17) is 0 Å². The Bertz CT molecular complexity index is 637. The fourth-order valence-electron chi connectivity index (χ4n) is 2.78. The molecule has 0 unspecified atom stereocenters. The summed E-state index contributed by atoms with van der Waals surface area (Å²) in [5, 5.41) is 0. The minimum Gasteiger partial charge on any atom is -0.341 e. The van der Waals surface area contributed by atoms with Crippen molar-refractivity contribution in [3.63, 3.8) is 0 Å². The van der Waals surface area contributed by atoms with Gasteiger partial charge in [-0.15, -0.1) is 0 Å². The maximum Gasteiger partial charge on any atom is 0.241 e. The SMILES string of the molecule is CCS(=O)(=O)N(C)C1CCN(C(=O)[C@H](NS(C)(=O)=O)C(C)C)CC1. The van der Waals surface area contributed by atoms with Gasteiger partial charge in [0.05, 0.1) is 12.0 Å². The highest BCUT2D eigenvalue weighted by molar-refractivity contribution is 7.89. The first-order valence-corrected chi connectivity index (χ1v) is 11.6. The van der Waals surface area contributed by atoms with E-state index in [9.17, 15) is 21.6 Å². The summed E-state index contributed by atoms with van der Waals surface area (Å²) in [7, 11) is -5.16. The Hall–Kier alpha value is -0.710. The molecule has 8 nitrogen and oxygen atoms in total. The lowest BCUT2D eigenvalue weighted by molar-refractivity contribution is -0.135. The Balaban J connectivity index is 2.74. The van der Waals surface area contributed by atoms with E-state index in [1.54, 1.807) is 32.7 Å².